The van der Waals surface area contributed by atoms with Crippen LogP contribution in [0, 0.1) is 0 Å². The number of carbonyl (C=O) groups is 4. The first-order valence-electron chi connectivity index (χ1n) is 9.50. The molecule has 7 nitrogen and oxygen atoms in total. The Labute approximate surface area is 186 Å². The molecule has 0 radical (unpaired) electrons. The minimum Gasteiger partial charge on any atom is -0.474 e. The third-order valence-corrected chi connectivity index (χ3v) is 5.76. The molecule has 2 amide bonds. The molecule has 4 rings (SSSR count). The first kappa shape index (κ1) is 21.0. The maximum absolute atomic E-state index is 13.0. The maximum atomic E-state index is 13.0. The van der Waals surface area contributed by atoms with E-state index in [2.05, 4.69) is 10.6 Å². The fourth-order valence-corrected chi connectivity index (χ4v) is 4.08. The lowest BCUT2D eigenvalue weighted by Crippen LogP contribution is -2.23. The van der Waals surface area contributed by atoms with E-state index in [9.17, 15) is 19.2 Å². The maximum Gasteiger partial charge on any atom is 0.394 e. The predicted molar refractivity (Wildman–Crippen MR) is 122 cm³/mol. The second-order valence-corrected chi connectivity index (χ2v) is 7.90. The van der Waals surface area contributed by atoms with Gasteiger partial charge in [-0.25, -0.2) is 4.79 Å². The van der Waals surface area contributed by atoms with Gasteiger partial charge in [0.1, 0.15) is 0 Å². The van der Waals surface area contributed by atoms with Gasteiger partial charge in [0, 0.05) is 21.5 Å². The highest BCUT2D eigenvalue weighted by molar-refractivity contribution is 7.20. The number of carboxylic acid groups (broad SMARTS) is 1. The van der Waals surface area contributed by atoms with Gasteiger partial charge in [-0.1, -0.05) is 48.5 Å². The van der Waals surface area contributed by atoms with E-state index < -0.39 is 17.7 Å². The van der Waals surface area contributed by atoms with Gasteiger partial charge in [-0.15, -0.1) is 11.3 Å². The molecule has 0 aliphatic carbocycles. The summed E-state index contributed by atoms with van der Waals surface area (Å²) >= 11 is 1.35. The van der Waals surface area contributed by atoms with Gasteiger partial charge < -0.3 is 15.7 Å². The third kappa shape index (κ3) is 4.40. The smallest absolute Gasteiger partial charge is 0.394 e. The Balaban J connectivity index is 1.66. The van der Waals surface area contributed by atoms with E-state index in [1.54, 1.807) is 36.4 Å². The lowest BCUT2D eigenvalue weighted by atomic mass is 10.0. The summed E-state index contributed by atoms with van der Waals surface area (Å²) in [5.74, 6) is -3.71. The predicted octanol–water partition coefficient (Wildman–Crippen LogP) is 4.41. The van der Waals surface area contributed by atoms with Gasteiger partial charge in [-0.3, -0.25) is 14.4 Å². The number of fused-ring (bicyclic) bond motifs is 1. The molecule has 0 saturated heterocycles. The van der Waals surface area contributed by atoms with E-state index in [1.165, 1.54) is 29.5 Å². The molecular weight excluding hydrogens is 428 g/mol. The minimum atomic E-state index is -1.68. The second-order valence-electron chi connectivity index (χ2n) is 6.82. The Kier molecular flexibility index (Phi) is 5.78. The zero-order chi connectivity index (χ0) is 22.7. The molecule has 8 heteroatoms. The van der Waals surface area contributed by atoms with Crippen LogP contribution in [0.4, 0.5) is 11.4 Å². The fourth-order valence-electron chi connectivity index (χ4n) is 3.13. The standard InChI is InChI=1S/C24H16N2O5S/c27-21(14-6-2-1-3-7-14)17-13-16(10-11-18(17)26-23(29)24(30)31)25-22(28)20-12-15-8-4-5-9-19(15)32-20/h1-13H,(H,25,28)(H,26,29)(H,30,31). The molecule has 4 aromatic rings. The van der Waals surface area contributed by atoms with Crippen LogP contribution in [0.1, 0.15) is 25.6 Å². The highest BCUT2D eigenvalue weighted by Crippen LogP contribution is 2.28. The summed E-state index contributed by atoms with van der Waals surface area (Å²) in [5.41, 5.74) is 0.775. The highest BCUT2D eigenvalue weighted by atomic mass is 32.1. The summed E-state index contributed by atoms with van der Waals surface area (Å²) in [5, 5.41) is 14.8. The van der Waals surface area contributed by atoms with Gasteiger partial charge in [0.15, 0.2) is 5.78 Å². The van der Waals surface area contributed by atoms with Gasteiger partial charge in [-0.2, -0.15) is 0 Å². The van der Waals surface area contributed by atoms with Crippen LogP contribution in [-0.2, 0) is 9.59 Å². The SMILES string of the molecule is O=C(O)C(=O)Nc1ccc(NC(=O)c2cc3ccccc3s2)cc1C(=O)c1ccccc1. The van der Waals surface area contributed by atoms with Crippen molar-refractivity contribution < 1.29 is 24.3 Å². The number of rotatable bonds is 5. The molecule has 0 fully saturated rings. The molecule has 0 aliphatic heterocycles. The average Bonchev–Trinajstić information content (AvgIpc) is 3.24. The quantitative estimate of drug-likeness (QED) is 0.312. The van der Waals surface area contributed by atoms with E-state index >= 15 is 0 Å². The Morgan fingerprint density at radius 1 is 0.781 bits per heavy atom. The Hall–Kier alpha value is -4.30. The van der Waals surface area contributed by atoms with Crippen molar-refractivity contribution in [3.63, 3.8) is 0 Å². The van der Waals surface area contributed by atoms with Crippen molar-refractivity contribution in [1.29, 1.82) is 0 Å². The summed E-state index contributed by atoms with van der Waals surface area (Å²) in [6.45, 7) is 0. The van der Waals surface area contributed by atoms with Gasteiger partial charge in [0.05, 0.1) is 10.6 Å². The highest BCUT2D eigenvalue weighted by Gasteiger charge is 2.20. The molecule has 0 bridgehead atoms. The van der Waals surface area contributed by atoms with E-state index in [1.807, 2.05) is 24.3 Å². The first-order chi connectivity index (χ1) is 15.4. The summed E-state index contributed by atoms with van der Waals surface area (Å²) in [6, 6.07) is 22.0. The molecule has 0 spiro atoms. The van der Waals surface area contributed by atoms with Crippen LogP contribution in [-0.4, -0.2) is 28.7 Å². The van der Waals surface area contributed by atoms with Crippen LogP contribution < -0.4 is 10.6 Å². The Morgan fingerprint density at radius 3 is 2.22 bits per heavy atom. The lowest BCUT2D eigenvalue weighted by molar-refractivity contribution is -0.147. The molecule has 3 aromatic carbocycles. The number of carboxylic acids is 1. The lowest BCUT2D eigenvalue weighted by Gasteiger charge is -2.12. The van der Waals surface area contributed by atoms with Gasteiger partial charge in [0.2, 0.25) is 0 Å². The van der Waals surface area contributed by atoms with Crippen LogP contribution in [0.3, 0.4) is 0 Å². The zero-order valence-electron chi connectivity index (χ0n) is 16.5. The Morgan fingerprint density at radius 2 is 1.50 bits per heavy atom. The molecule has 0 unspecified atom stereocenters. The molecule has 1 heterocycles. The molecule has 0 saturated carbocycles. The van der Waals surface area contributed by atoms with Crippen molar-refractivity contribution in [2.75, 3.05) is 10.6 Å². The van der Waals surface area contributed by atoms with Crippen molar-refractivity contribution in [2.45, 2.75) is 0 Å². The van der Waals surface area contributed by atoms with Gasteiger partial charge >= 0.3 is 11.9 Å². The van der Waals surface area contributed by atoms with Crippen LogP contribution in [0.2, 0.25) is 0 Å². The van der Waals surface area contributed by atoms with E-state index in [-0.39, 0.29) is 17.2 Å². The van der Waals surface area contributed by atoms with Gasteiger partial charge in [0.25, 0.3) is 5.91 Å². The van der Waals surface area contributed by atoms with Crippen molar-refractivity contribution in [3.8, 4) is 0 Å². The third-order valence-electron chi connectivity index (χ3n) is 4.65. The second kappa shape index (κ2) is 8.83. The number of anilines is 2. The van der Waals surface area contributed by atoms with Gasteiger partial charge in [-0.05, 0) is 35.7 Å². The summed E-state index contributed by atoms with van der Waals surface area (Å²) in [4.78, 5) is 48.9. The van der Waals surface area contributed by atoms with Crippen LogP contribution in [0.5, 0.6) is 0 Å². The van der Waals surface area contributed by atoms with Crippen molar-refractivity contribution >= 4 is 56.4 Å². The fraction of sp³-hybridized carbons (Fsp3) is 0. The van der Waals surface area contributed by atoms with E-state index in [0.717, 1.165) is 10.1 Å². The van der Waals surface area contributed by atoms with Crippen molar-refractivity contribution in [3.05, 3.63) is 94.9 Å². The van der Waals surface area contributed by atoms with Crippen molar-refractivity contribution in [1.82, 2.24) is 0 Å². The van der Waals surface area contributed by atoms with Crippen LogP contribution >= 0.6 is 11.3 Å². The summed E-state index contributed by atoms with van der Waals surface area (Å²) < 4.78 is 0.976. The number of benzene rings is 3. The van der Waals surface area contributed by atoms with E-state index in [4.69, 9.17) is 5.11 Å². The average molecular weight is 444 g/mol. The first-order valence-corrected chi connectivity index (χ1v) is 10.3. The number of amides is 2. The van der Waals surface area contributed by atoms with Crippen LogP contribution in [0.15, 0.2) is 78.9 Å². The Bertz CT molecular complexity index is 1330. The number of nitrogens with one attached hydrogen (secondary N) is 2. The number of thiophene rings is 1. The number of ketones is 1. The summed E-state index contributed by atoms with van der Waals surface area (Å²) in [6.07, 6.45) is 0. The van der Waals surface area contributed by atoms with Crippen molar-refractivity contribution in [2.24, 2.45) is 0 Å². The summed E-state index contributed by atoms with van der Waals surface area (Å²) in [7, 11) is 0. The molecular formula is C24H16N2O5S. The topological polar surface area (TPSA) is 113 Å². The molecule has 158 valence electrons. The number of hydrogen-bond acceptors (Lipinski definition) is 5. The number of aliphatic carboxylic acids is 1. The van der Waals surface area contributed by atoms with Crippen LogP contribution in [0.25, 0.3) is 10.1 Å². The normalized spacial score (nSPS) is 10.5. The zero-order valence-corrected chi connectivity index (χ0v) is 17.3. The number of carbonyl (C=O) groups excluding carboxylic acids is 3. The molecule has 3 N–H and O–H groups in total. The monoisotopic (exact) mass is 444 g/mol. The number of hydrogen-bond donors (Lipinski definition) is 3. The molecule has 32 heavy (non-hydrogen) atoms. The van der Waals surface area contributed by atoms with E-state index in [0.29, 0.717) is 16.1 Å². The minimum absolute atomic E-state index is 0.0334. The molecule has 0 atom stereocenters. The largest absolute Gasteiger partial charge is 0.474 e. The molecule has 1 aromatic heterocycles. The molecule has 0 aliphatic rings.